The summed E-state index contributed by atoms with van der Waals surface area (Å²) in [6.45, 7) is 5.50. The second-order valence-corrected chi connectivity index (χ2v) is 6.44. The number of nitrogen functional groups attached to an aromatic ring is 1. The van der Waals surface area contributed by atoms with Crippen LogP contribution >= 0.6 is 0 Å². The van der Waals surface area contributed by atoms with Crippen molar-refractivity contribution in [2.24, 2.45) is 5.41 Å². The van der Waals surface area contributed by atoms with Gasteiger partial charge in [-0.25, -0.2) is 4.98 Å². The van der Waals surface area contributed by atoms with Crippen molar-refractivity contribution in [3.63, 3.8) is 0 Å². The second kappa shape index (κ2) is 6.92. The highest BCUT2D eigenvalue weighted by molar-refractivity contribution is 5.94. The number of aliphatic hydroxyl groups excluding tert-OH is 1. The number of piperidine rings is 1. The van der Waals surface area contributed by atoms with Crippen molar-refractivity contribution in [3.05, 3.63) is 35.5 Å². The molecule has 0 saturated carbocycles. The third-order valence-corrected chi connectivity index (χ3v) is 4.26. The van der Waals surface area contributed by atoms with Gasteiger partial charge in [-0.15, -0.1) is 0 Å². The molecule has 1 aromatic heterocycles. The van der Waals surface area contributed by atoms with E-state index in [1.54, 1.807) is 18.3 Å². The molecule has 0 spiro atoms. The normalized spacial score (nSPS) is 21.5. The third-order valence-electron chi connectivity index (χ3n) is 4.26. The van der Waals surface area contributed by atoms with E-state index in [-0.39, 0.29) is 17.9 Å². The monoisotopic (exact) mass is 303 g/mol. The van der Waals surface area contributed by atoms with Crippen molar-refractivity contribution in [2.75, 3.05) is 25.4 Å². The van der Waals surface area contributed by atoms with Crippen LogP contribution in [0, 0.1) is 5.41 Å². The Kier molecular flexibility index (Phi) is 5.19. The number of likely N-dealkylation sites (tertiary alicyclic amines) is 1. The summed E-state index contributed by atoms with van der Waals surface area (Å²) in [7, 11) is 0. The quantitative estimate of drug-likeness (QED) is 0.836. The molecule has 0 radical (unpaired) electrons. The number of nitrogens with zero attached hydrogens (tertiary/aromatic N) is 2. The average Bonchev–Trinajstić information content (AvgIpc) is 2.52. The second-order valence-electron chi connectivity index (χ2n) is 6.44. The summed E-state index contributed by atoms with van der Waals surface area (Å²) in [6, 6.07) is 3.29. The minimum absolute atomic E-state index is 0.0381. The summed E-state index contributed by atoms with van der Waals surface area (Å²) >= 11 is 0. The van der Waals surface area contributed by atoms with Crippen LogP contribution in [-0.4, -0.2) is 40.6 Å². The van der Waals surface area contributed by atoms with E-state index in [9.17, 15) is 9.90 Å². The van der Waals surface area contributed by atoms with Gasteiger partial charge in [0, 0.05) is 30.3 Å². The molecule has 1 atom stereocenters. The molecule has 1 aliphatic heterocycles. The lowest BCUT2D eigenvalue weighted by molar-refractivity contribution is 0.0284. The van der Waals surface area contributed by atoms with Crippen LogP contribution in [0.4, 0.5) is 5.82 Å². The number of hydrogen-bond donors (Lipinski definition) is 2. The first kappa shape index (κ1) is 16.5. The van der Waals surface area contributed by atoms with E-state index < -0.39 is 0 Å². The number of carbonyl (C=O) groups is 1. The fourth-order valence-corrected chi connectivity index (χ4v) is 2.93. The molecule has 1 aliphatic rings. The number of aliphatic hydroxyl groups is 1. The maximum absolute atomic E-state index is 12.6. The smallest absolute Gasteiger partial charge is 0.254 e. The van der Waals surface area contributed by atoms with Gasteiger partial charge in [0.1, 0.15) is 5.82 Å². The summed E-state index contributed by atoms with van der Waals surface area (Å²) in [4.78, 5) is 18.4. The van der Waals surface area contributed by atoms with Crippen LogP contribution in [-0.2, 0) is 0 Å². The van der Waals surface area contributed by atoms with Crippen LogP contribution in [0.5, 0.6) is 0 Å². The summed E-state index contributed by atoms with van der Waals surface area (Å²) in [6.07, 6.45) is 6.34. The van der Waals surface area contributed by atoms with E-state index >= 15 is 0 Å². The maximum atomic E-state index is 12.6. The van der Waals surface area contributed by atoms with Crippen molar-refractivity contribution in [3.8, 4) is 0 Å². The first-order valence-electron chi connectivity index (χ1n) is 7.71. The Morgan fingerprint density at radius 1 is 1.55 bits per heavy atom. The topological polar surface area (TPSA) is 79.5 Å². The number of nitrogens with two attached hydrogens (primary N) is 1. The SMILES string of the molecule is CC(C)=CC[C@]1(CO)CCCN(C(=O)c2ccnc(N)c2)C1. The number of rotatable bonds is 4. The van der Waals surface area contributed by atoms with Gasteiger partial charge >= 0.3 is 0 Å². The van der Waals surface area contributed by atoms with Gasteiger partial charge in [-0.3, -0.25) is 4.79 Å². The highest BCUT2D eigenvalue weighted by Crippen LogP contribution is 2.34. The highest BCUT2D eigenvalue weighted by Gasteiger charge is 2.36. The number of carbonyl (C=O) groups excluding carboxylic acids is 1. The molecule has 0 aliphatic carbocycles. The van der Waals surface area contributed by atoms with Crippen LogP contribution in [0.25, 0.3) is 0 Å². The first-order chi connectivity index (χ1) is 10.5. The zero-order valence-electron chi connectivity index (χ0n) is 13.4. The Bertz CT molecular complexity index is 567. The molecule has 5 heteroatoms. The van der Waals surface area contributed by atoms with Crippen LogP contribution in [0.3, 0.4) is 0 Å². The number of allylic oxidation sites excluding steroid dienone is 2. The fraction of sp³-hybridized carbons (Fsp3) is 0.529. The Morgan fingerprint density at radius 2 is 2.32 bits per heavy atom. The van der Waals surface area contributed by atoms with E-state index in [1.807, 2.05) is 4.90 Å². The predicted octanol–water partition coefficient (Wildman–Crippen LogP) is 2.23. The maximum Gasteiger partial charge on any atom is 0.254 e. The molecule has 0 unspecified atom stereocenters. The molecule has 1 fully saturated rings. The van der Waals surface area contributed by atoms with Gasteiger partial charge in [0.25, 0.3) is 5.91 Å². The summed E-state index contributed by atoms with van der Waals surface area (Å²) in [5.41, 5.74) is 7.22. The van der Waals surface area contributed by atoms with Gasteiger partial charge in [0.05, 0.1) is 6.61 Å². The van der Waals surface area contributed by atoms with E-state index in [0.29, 0.717) is 17.9 Å². The van der Waals surface area contributed by atoms with Crippen molar-refractivity contribution in [1.82, 2.24) is 9.88 Å². The molecule has 0 aromatic carbocycles. The van der Waals surface area contributed by atoms with Gasteiger partial charge in [0.2, 0.25) is 0 Å². The lowest BCUT2D eigenvalue weighted by Gasteiger charge is -2.41. The van der Waals surface area contributed by atoms with E-state index in [4.69, 9.17) is 5.73 Å². The lowest BCUT2D eigenvalue weighted by Crippen LogP contribution is -2.47. The van der Waals surface area contributed by atoms with Crippen molar-refractivity contribution in [1.29, 1.82) is 0 Å². The van der Waals surface area contributed by atoms with Gasteiger partial charge < -0.3 is 15.7 Å². The summed E-state index contributed by atoms with van der Waals surface area (Å²) < 4.78 is 0. The molecule has 1 aromatic rings. The largest absolute Gasteiger partial charge is 0.396 e. The standard InChI is InChI=1S/C17H25N3O2/c1-13(2)4-7-17(12-21)6-3-9-20(11-17)16(22)14-5-8-19-15(18)10-14/h4-5,8,10,21H,3,6-7,9,11-12H2,1-2H3,(H2,18,19)/t17-/m1/s1. The number of pyridine rings is 1. The Labute approximate surface area is 131 Å². The summed E-state index contributed by atoms with van der Waals surface area (Å²) in [5.74, 6) is 0.310. The lowest BCUT2D eigenvalue weighted by atomic mass is 9.77. The van der Waals surface area contributed by atoms with E-state index in [0.717, 1.165) is 25.8 Å². The molecule has 2 heterocycles. The van der Waals surface area contributed by atoms with Crippen molar-refractivity contribution >= 4 is 11.7 Å². The Hall–Kier alpha value is -1.88. The third kappa shape index (κ3) is 3.85. The zero-order valence-corrected chi connectivity index (χ0v) is 13.4. The van der Waals surface area contributed by atoms with Gasteiger partial charge in [-0.2, -0.15) is 0 Å². The average molecular weight is 303 g/mol. The van der Waals surface area contributed by atoms with E-state index in [1.165, 1.54) is 5.57 Å². The minimum atomic E-state index is -0.232. The molecule has 1 amide bonds. The number of anilines is 1. The number of amides is 1. The van der Waals surface area contributed by atoms with Gasteiger partial charge in [-0.05, 0) is 45.2 Å². The van der Waals surface area contributed by atoms with Crippen LogP contribution < -0.4 is 5.73 Å². The van der Waals surface area contributed by atoms with Crippen molar-refractivity contribution in [2.45, 2.75) is 33.1 Å². The highest BCUT2D eigenvalue weighted by atomic mass is 16.3. The van der Waals surface area contributed by atoms with Crippen molar-refractivity contribution < 1.29 is 9.90 Å². The van der Waals surface area contributed by atoms with E-state index in [2.05, 4.69) is 24.9 Å². The first-order valence-corrected chi connectivity index (χ1v) is 7.71. The molecule has 2 rings (SSSR count). The van der Waals surface area contributed by atoms with Crippen LogP contribution in [0.15, 0.2) is 30.0 Å². The predicted molar refractivity (Wildman–Crippen MR) is 87.4 cm³/mol. The molecule has 5 nitrogen and oxygen atoms in total. The minimum Gasteiger partial charge on any atom is -0.396 e. The molecule has 0 bridgehead atoms. The molecular weight excluding hydrogens is 278 g/mol. The van der Waals surface area contributed by atoms with Crippen LogP contribution in [0.2, 0.25) is 0 Å². The zero-order chi connectivity index (χ0) is 16.2. The van der Waals surface area contributed by atoms with Gasteiger partial charge in [-0.1, -0.05) is 11.6 Å². The Balaban J connectivity index is 2.15. The molecule has 1 saturated heterocycles. The molecule has 120 valence electrons. The Morgan fingerprint density at radius 3 is 2.95 bits per heavy atom. The fourth-order valence-electron chi connectivity index (χ4n) is 2.93. The van der Waals surface area contributed by atoms with Crippen LogP contribution in [0.1, 0.15) is 43.5 Å². The molecular formula is C17H25N3O2. The van der Waals surface area contributed by atoms with Gasteiger partial charge in [0.15, 0.2) is 0 Å². The summed E-state index contributed by atoms with van der Waals surface area (Å²) in [5, 5.41) is 9.87. The number of hydrogen-bond acceptors (Lipinski definition) is 4. The molecule has 22 heavy (non-hydrogen) atoms. The number of aromatic nitrogens is 1. The molecule has 3 N–H and O–H groups in total.